The number of aliphatic hydroxyl groups is 1. The summed E-state index contributed by atoms with van der Waals surface area (Å²) in [6, 6.07) is 2.07. The van der Waals surface area contributed by atoms with Crippen molar-refractivity contribution in [3.8, 4) is 0 Å². The summed E-state index contributed by atoms with van der Waals surface area (Å²) < 4.78 is 13.5. The van der Waals surface area contributed by atoms with Gasteiger partial charge in [-0.25, -0.2) is 4.39 Å². The molecule has 1 heterocycles. The van der Waals surface area contributed by atoms with Crippen LogP contribution in [0.5, 0.6) is 0 Å². The summed E-state index contributed by atoms with van der Waals surface area (Å²) >= 11 is 11.5. The number of nitrogens with zero attached hydrogens (tertiary/aromatic N) is 1. The highest BCUT2D eigenvalue weighted by molar-refractivity contribution is 6.36. The first-order valence-electron chi connectivity index (χ1n) is 6.21. The number of β-amino-alcohol motifs (C(OH)–C–C–N with tert-alkyl or cyclic N) is 1. The number of rotatable bonds is 2. The summed E-state index contributed by atoms with van der Waals surface area (Å²) in [6.07, 6.45) is 0.577. The minimum absolute atomic E-state index is 0.000381. The Hall–Kier alpha value is -1.37. The van der Waals surface area contributed by atoms with Gasteiger partial charge in [0.1, 0.15) is 5.82 Å². The van der Waals surface area contributed by atoms with Crippen molar-refractivity contribution in [3.63, 3.8) is 0 Å². The minimum atomic E-state index is -1.77. The van der Waals surface area contributed by atoms with E-state index in [4.69, 9.17) is 28.9 Å². The van der Waals surface area contributed by atoms with Crippen LogP contribution in [0.2, 0.25) is 10.0 Å². The van der Waals surface area contributed by atoms with Gasteiger partial charge in [0.15, 0.2) is 5.60 Å². The standard InChI is InChI=1S/C13H13Cl2FN2O3/c14-8-5-9(15)10(16)4-7(8)11(19)18-3-1-2-13(21,6-18)12(17)20/h4-5,21H,1-3,6H2,(H2,17,20). The van der Waals surface area contributed by atoms with E-state index < -0.39 is 23.2 Å². The van der Waals surface area contributed by atoms with Crippen LogP contribution in [0.25, 0.3) is 0 Å². The summed E-state index contributed by atoms with van der Waals surface area (Å²) in [5, 5.41) is 9.89. The van der Waals surface area contributed by atoms with Crippen molar-refractivity contribution in [1.82, 2.24) is 4.90 Å². The number of halogens is 3. The van der Waals surface area contributed by atoms with E-state index in [1.807, 2.05) is 0 Å². The molecule has 21 heavy (non-hydrogen) atoms. The average Bonchev–Trinajstić information content (AvgIpc) is 2.42. The van der Waals surface area contributed by atoms with Gasteiger partial charge in [0.2, 0.25) is 0 Å². The molecule has 114 valence electrons. The number of benzene rings is 1. The van der Waals surface area contributed by atoms with Crippen molar-refractivity contribution < 1.29 is 19.1 Å². The molecule has 1 aliphatic heterocycles. The van der Waals surface area contributed by atoms with E-state index in [9.17, 15) is 19.1 Å². The highest BCUT2D eigenvalue weighted by Gasteiger charge is 2.40. The Balaban J connectivity index is 2.28. The number of piperidine rings is 1. The predicted molar refractivity (Wildman–Crippen MR) is 75.7 cm³/mol. The molecular formula is C13H13Cl2FN2O3. The zero-order chi connectivity index (χ0) is 15.8. The monoisotopic (exact) mass is 334 g/mol. The zero-order valence-electron chi connectivity index (χ0n) is 10.9. The van der Waals surface area contributed by atoms with Crippen LogP contribution in [-0.2, 0) is 4.79 Å². The third-order valence-corrected chi connectivity index (χ3v) is 4.06. The van der Waals surface area contributed by atoms with Gasteiger partial charge in [0, 0.05) is 6.54 Å². The first-order valence-corrected chi connectivity index (χ1v) is 6.96. The fourth-order valence-corrected chi connectivity index (χ4v) is 2.73. The molecule has 0 bridgehead atoms. The lowest BCUT2D eigenvalue weighted by molar-refractivity contribution is -0.140. The molecule has 0 aromatic heterocycles. The Morgan fingerprint density at radius 2 is 2.00 bits per heavy atom. The molecule has 2 rings (SSSR count). The SMILES string of the molecule is NC(=O)C1(O)CCCN(C(=O)c2cc(F)c(Cl)cc2Cl)C1. The van der Waals surface area contributed by atoms with E-state index in [-0.39, 0.29) is 28.6 Å². The van der Waals surface area contributed by atoms with Crippen molar-refractivity contribution in [2.45, 2.75) is 18.4 Å². The Morgan fingerprint density at radius 3 is 2.62 bits per heavy atom. The molecule has 5 nitrogen and oxygen atoms in total. The third kappa shape index (κ3) is 3.12. The highest BCUT2D eigenvalue weighted by atomic mass is 35.5. The molecule has 0 spiro atoms. The maximum atomic E-state index is 13.5. The van der Waals surface area contributed by atoms with Gasteiger partial charge >= 0.3 is 0 Å². The van der Waals surface area contributed by atoms with E-state index >= 15 is 0 Å². The van der Waals surface area contributed by atoms with Gasteiger partial charge in [-0.05, 0) is 25.0 Å². The van der Waals surface area contributed by atoms with Crippen LogP contribution in [-0.4, -0.2) is 40.5 Å². The molecule has 1 aromatic rings. The lowest BCUT2D eigenvalue weighted by atomic mass is 9.92. The number of likely N-dealkylation sites (tertiary alicyclic amines) is 1. The molecule has 0 saturated carbocycles. The Kier molecular flexibility index (Phi) is 4.41. The summed E-state index contributed by atoms with van der Waals surface area (Å²) in [5.41, 5.74) is 3.30. The summed E-state index contributed by atoms with van der Waals surface area (Å²) in [6.45, 7) is 0.0662. The van der Waals surface area contributed by atoms with E-state index in [2.05, 4.69) is 0 Å². The van der Waals surface area contributed by atoms with Gasteiger partial charge in [0.05, 0.1) is 22.2 Å². The van der Waals surface area contributed by atoms with E-state index in [1.165, 1.54) is 4.90 Å². The predicted octanol–water partition coefficient (Wildman–Crippen LogP) is 1.58. The highest BCUT2D eigenvalue weighted by Crippen LogP contribution is 2.28. The molecule has 0 aliphatic carbocycles. The van der Waals surface area contributed by atoms with Gasteiger partial charge in [-0.3, -0.25) is 9.59 Å². The van der Waals surface area contributed by atoms with Gasteiger partial charge < -0.3 is 15.7 Å². The quantitative estimate of drug-likeness (QED) is 0.805. The van der Waals surface area contributed by atoms with Gasteiger partial charge in [-0.2, -0.15) is 0 Å². The van der Waals surface area contributed by atoms with Gasteiger partial charge in [-0.15, -0.1) is 0 Å². The van der Waals surface area contributed by atoms with Crippen LogP contribution < -0.4 is 5.73 Å². The van der Waals surface area contributed by atoms with Crippen LogP contribution in [0, 0.1) is 5.82 Å². The molecule has 2 amide bonds. The lowest BCUT2D eigenvalue weighted by Gasteiger charge is -2.37. The fraction of sp³-hybridized carbons (Fsp3) is 0.385. The molecule has 1 fully saturated rings. The van der Waals surface area contributed by atoms with Crippen molar-refractivity contribution in [2.75, 3.05) is 13.1 Å². The van der Waals surface area contributed by atoms with Crippen molar-refractivity contribution >= 4 is 35.0 Å². The minimum Gasteiger partial charge on any atom is -0.378 e. The number of hydrogen-bond donors (Lipinski definition) is 2. The second-order valence-electron chi connectivity index (χ2n) is 4.97. The van der Waals surface area contributed by atoms with Crippen LogP contribution in [0.3, 0.4) is 0 Å². The number of nitrogens with two attached hydrogens (primary N) is 1. The van der Waals surface area contributed by atoms with E-state index in [0.717, 1.165) is 12.1 Å². The van der Waals surface area contributed by atoms with Gasteiger partial charge in [0.25, 0.3) is 11.8 Å². The lowest BCUT2D eigenvalue weighted by Crippen LogP contribution is -2.57. The average molecular weight is 335 g/mol. The second kappa shape index (κ2) is 5.79. The number of hydrogen-bond acceptors (Lipinski definition) is 3. The summed E-state index contributed by atoms with van der Waals surface area (Å²) in [7, 11) is 0. The largest absolute Gasteiger partial charge is 0.378 e. The first kappa shape index (κ1) is 16.0. The number of carbonyl (C=O) groups is 2. The molecule has 1 unspecified atom stereocenters. The van der Waals surface area contributed by atoms with E-state index in [1.54, 1.807) is 0 Å². The van der Waals surface area contributed by atoms with Crippen molar-refractivity contribution in [1.29, 1.82) is 0 Å². The number of amides is 2. The number of carbonyl (C=O) groups excluding carboxylic acids is 2. The maximum absolute atomic E-state index is 13.5. The summed E-state index contributed by atoms with van der Waals surface area (Å²) in [4.78, 5) is 24.9. The van der Waals surface area contributed by atoms with Crippen molar-refractivity contribution in [2.24, 2.45) is 5.73 Å². The van der Waals surface area contributed by atoms with Gasteiger partial charge in [-0.1, -0.05) is 23.2 Å². The zero-order valence-corrected chi connectivity index (χ0v) is 12.4. The maximum Gasteiger partial charge on any atom is 0.255 e. The summed E-state index contributed by atoms with van der Waals surface area (Å²) in [5.74, 6) is -2.25. The van der Waals surface area contributed by atoms with Crippen LogP contribution in [0.1, 0.15) is 23.2 Å². The van der Waals surface area contributed by atoms with Crippen LogP contribution in [0.15, 0.2) is 12.1 Å². The first-order chi connectivity index (χ1) is 9.74. The van der Waals surface area contributed by atoms with Crippen LogP contribution >= 0.6 is 23.2 Å². The molecule has 3 N–H and O–H groups in total. The Bertz CT molecular complexity index is 611. The Labute approximate surface area is 130 Å². The van der Waals surface area contributed by atoms with E-state index in [0.29, 0.717) is 13.0 Å². The fourth-order valence-electron chi connectivity index (χ4n) is 2.27. The second-order valence-corrected chi connectivity index (χ2v) is 5.79. The molecule has 1 aliphatic rings. The Morgan fingerprint density at radius 1 is 1.33 bits per heavy atom. The topological polar surface area (TPSA) is 83.6 Å². The number of primary amides is 1. The molecule has 1 atom stereocenters. The molecule has 1 saturated heterocycles. The molecule has 8 heteroatoms. The molecule has 1 aromatic carbocycles. The molecular weight excluding hydrogens is 322 g/mol. The smallest absolute Gasteiger partial charge is 0.255 e. The third-order valence-electron chi connectivity index (χ3n) is 3.46. The van der Waals surface area contributed by atoms with Crippen molar-refractivity contribution in [3.05, 3.63) is 33.6 Å². The molecule has 0 radical (unpaired) electrons. The van der Waals surface area contributed by atoms with Crippen LogP contribution in [0.4, 0.5) is 4.39 Å². The normalized spacial score (nSPS) is 22.2.